The van der Waals surface area contributed by atoms with Gasteiger partial charge in [-0.1, -0.05) is 48.0 Å². The van der Waals surface area contributed by atoms with Crippen LogP contribution in [-0.2, 0) is 16.8 Å². The van der Waals surface area contributed by atoms with Gasteiger partial charge in [-0.05, 0) is 31.8 Å². The van der Waals surface area contributed by atoms with Crippen LogP contribution >= 0.6 is 24.0 Å². The highest BCUT2D eigenvalue weighted by atomic mass is 35.5. The maximum absolute atomic E-state index is 12.6. The number of benzene rings is 2. The quantitative estimate of drug-likeness (QED) is 0.755. The van der Waals surface area contributed by atoms with E-state index in [1.165, 1.54) is 0 Å². The van der Waals surface area contributed by atoms with Crippen molar-refractivity contribution in [3.05, 3.63) is 70.2 Å². The lowest BCUT2D eigenvalue weighted by Gasteiger charge is -2.39. The smallest absolute Gasteiger partial charge is 0.339 e. The number of fused-ring (bicyclic) bond motifs is 1. The molecule has 128 valence electrons. The molecule has 0 radical (unpaired) electrons. The molecule has 0 fully saturated rings. The first-order valence-corrected chi connectivity index (χ1v) is 8.11. The van der Waals surface area contributed by atoms with E-state index in [9.17, 15) is 4.79 Å². The topological polar surface area (TPSA) is 29.5 Å². The number of hydrogen-bond donors (Lipinski definition) is 0. The monoisotopic (exact) mass is 365 g/mol. The van der Waals surface area contributed by atoms with E-state index in [1.54, 1.807) is 0 Å². The maximum atomic E-state index is 12.6. The molecule has 0 spiro atoms. The molecule has 24 heavy (non-hydrogen) atoms. The summed E-state index contributed by atoms with van der Waals surface area (Å²) in [6.07, 6.45) is 1.34. The van der Waals surface area contributed by atoms with Crippen LogP contribution in [0.2, 0.25) is 5.02 Å². The zero-order valence-electron chi connectivity index (χ0n) is 13.8. The molecule has 1 aliphatic heterocycles. The van der Waals surface area contributed by atoms with Crippen LogP contribution in [-0.4, -0.2) is 31.5 Å². The second-order valence-electron chi connectivity index (χ2n) is 6.25. The van der Waals surface area contributed by atoms with Crippen LogP contribution in [0.25, 0.3) is 0 Å². The summed E-state index contributed by atoms with van der Waals surface area (Å²) in [6, 6.07) is 15.3. The molecule has 1 atom stereocenters. The number of ether oxygens (including phenoxy) is 1. The molecule has 3 nitrogen and oxygen atoms in total. The molecule has 5 heteroatoms. The molecule has 0 aliphatic carbocycles. The van der Waals surface area contributed by atoms with Crippen molar-refractivity contribution in [3.63, 3.8) is 0 Å². The summed E-state index contributed by atoms with van der Waals surface area (Å²) in [5.41, 5.74) is 1.84. The van der Waals surface area contributed by atoms with Crippen molar-refractivity contribution < 1.29 is 9.53 Å². The van der Waals surface area contributed by atoms with E-state index in [0.717, 1.165) is 17.7 Å². The molecule has 0 saturated heterocycles. The van der Waals surface area contributed by atoms with Crippen LogP contribution in [0.3, 0.4) is 0 Å². The van der Waals surface area contributed by atoms with E-state index < -0.39 is 5.60 Å². The number of halogens is 2. The van der Waals surface area contributed by atoms with Crippen molar-refractivity contribution in [1.82, 2.24) is 4.90 Å². The van der Waals surface area contributed by atoms with Gasteiger partial charge in [0.15, 0.2) is 0 Å². The first kappa shape index (κ1) is 18.8. The number of carbonyl (C=O) groups is 1. The Hall–Kier alpha value is -1.55. The van der Waals surface area contributed by atoms with Crippen LogP contribution < -0.4 is 0 Å². The van der Waals surface area contributed by atoms with Gasteiger partial charge in [0.25, 0.3) is 0 Å². The minimum atomic E-state index is -0.714. The number of carbonyl (C=O) groups excluding carboxylic acids is 1. The second-order valence-corrected chi connectivity index (χ2v) is 6.66. The highest BCUT2D eigenvalue weighted by Crippen LogP contribution is 2.41. The lowest BCUT2D eigenvalue weighted by Crippen LogP contribution is -2.41. The molecule has 1 aliphatic rings. The summed E-state index contributed by atoms with van der Waals surface area (Å²) in [5, 5.41) is 0.637. The van der Waals surface area contributed by atoms with Crippen molar-refractivity contribution in [1.29, 1.82) is 0 Å². The minimum Gasteiger partial charge on any atom is -0.450 e. The van der Waals surface area contributed by atoms with Gasteiger partial charge in [0, 0.05) is 30.0 Å². The molecule has 0 N–H and O–H groups in total. The van der Waals surface area contributed by atoms with E-state index in [0.29, 0.717) is 23.4 Å². The van der Waals surface area contributed by atoms with Gasteiger partial charge in [-0.3, -0.25) is 0 Å². The van der Waals surface area contributed by atoms with E-state index >= 15 is 0 Å². The van der Waals surface area contributed by atoms with Gasteiger partial charge in [-0.15, -0.1) is 12.4 Å². The Kier molecular flexibility index (Phi) is 5.92. The minimum absolute atomic E-state index is 0. The van der Waals surface area contributed by atoms with Crippen LogP contribution in [0.5, 0.6) is 0 Å². The summed E-state index contributed by atoms with van der Waals surface area (Å²) in [4.78, 5) is 14.6. The Morgan fingerprint density at radius 1 is 1.12 bits per heavy atom. The largest absolute Gasteiger partial charge is 0.450 e. The SMILES string of the molecule is CN(C)CCC1(c2ccccc2Cl)Cc2ccccc2C(=O)O1.Cl. The molecule has 2 aromatic carbocycles. The van der Waals surface area contributed by atoms with Crippen molar-refractivity contribution in [3.8, 4) is 0 Å². The van der Waals surface area contributed by atoms with Gasteiger partial charge in [0.2, 0.25) is 0 Å². The van der Waals surface area contributed by atoms with Crippen molar-refractivity contribution in [2.75, 3.05) is 20.6 Å². The normalized spacial score (nSPS) is 19.4. The van der Waals surface area contributed by atoms with Crippen LogP contribution in [0.15, 0.2) is 48.5 Å². The van der Waals surface area contributed by atoms with Gasteiger partial charge in [0.05, 0.1) is 5.56 Å². The molecule has 0 saturated carbocycles. The molecule has 1 unspecified atom stereocenters. The lowest BCUT2D eigenvalue weighted by molar-refractivity contribution is -0.0354. The Labute approximate surface area is 154 Å². The van der Waals surface area contributed by atoms with Crippen LogP contribution in [0.4, 0.5) is 0 Å². The van der Waals surface area contributed by atoms with E-state index in [1.807, 2.05) is 62.6 Å². The Bertz CT molecular complexity index is 733. The Balaban J connectivity index is 0.00000208. The standard InChI is InChI=1S/C19H20ClNO2.ClH/c1-21(2)12-11-19(16-9-5-6-10-17(16)20)13-14-7-3-4-8-15(14)18(22)23-19;/h3-10H,11-13H2,1-2H3;1H. The molecular formula is C19H21Cl2NO2. The zero-order chi connectivity index (χ0) is 16.4. The number of nitrogens with zero attached hydrogens (tertiary/aromatic N) is 1. The van der Waals surface area contributed by atoms with Gasteiger partial charge in [-0.2, -0.15) is 0 Å². The molecule has 1 heterocycles. The molecule has 0 aromatic heterocycles. The third kappa shape index (κ3) is 3.59. The lowest BCUT2D eigenvalue weighted by atomic mass is 9.80. The highest BCUT2D eigenvalue weighted by molar-refractivity contribution is 6.31. The Morgan fingerprint density at radius 3 is 2.50 bits per heavy atom. The molecule has 3 rings (SSSR count). The van der Waals surface area contributed by atoms with Crippen LogP contribution in [0.1, 0.15) is 27.9 Å². The summed E-state index contributed by atoms with van der Waals surface area (Å²) in [7, 11) is 4.03. The Morgan fingerprint density at radius 2 is 1.79 bits per heavy atom. The molecule has 0 bridgehead atoms. The third-order valence-electron chi connectivity index (χ3n) is 4.33. The summed E-state index contributed by atoms with van der Waals surface area (Å²) in [5.74, 6) is -0.273. The average Bonchev–Trinajstić information content (AvgIpc) is 2.53. The number of esters is 1. The molecule has 2 aromatic rings. The predicted octanol–water partition coefficient (Wildman–Crippen LogP) is 4.32. The first-order valence-electron chi connectivity index (χ1n) is 7.73. The van der Waals surface area contributed by atoms with Crippen molar-refractivity contribution in [2.45, 2.75) is 18.4 Å². The van der Waals surface area contributed by atoms with Gasteiger partial charge >= 0.3 is 5.97 Å². The average molecular weight is 366 g/mol. The van der Waals surface area contributed by atoms with Gasteiger partial charge < -0.3 is 9.64 Å². The second kappa shape index (κ2) is 7.56. The summed E-state index contributed by atoms with van der Waals surface area (Å²) < 4.78 is 5.97. The fraction of sp³-hybridized carbons (Fsp3) is 0.316. The maximum Gasteiger partial charge on any atom is 0.339 e. The summed E-state index contributed by atoms with van der Waals surface area (Å²) >= 11 is 6.43. The molecule has 0 amide bonds. The van der Waals surface area contributed by atoms with E-state index in [2.05, 4.69) is 4.90 Å². The number of rotatable bonds is 4. The fourth-order valence-corrected chi connectivity index (χ4v) is 3.42. The van der Waals surface area contributed by atoms with E-state index in [4.69, 9.17) is 16.3 Å². The predicted molar refractivity (Wildman–Crippen MR) is 99.1 cm³/mol. The van der Waals surface area contributed by atoms with Gasteiger partial charge in [0.1, 0.15) is 5.60 Å². The van der Waals surface area contributed by atoms with Gasteiger partial charge in [-0.25, -0.2) is 4.79 Å². The molecular weight excluding hydrogens is 345 g/mol. The first-order chi connectivity index (χ1) is 11.0. The zero-order valence-corrected chi connectivity index (χ0v) is 15.4. The highest BCUT2D eigenvalue weighted by Gasteiger charge is 2.42. The summed E-state index contributed by atoms with van der Waals surface area (Å²) in [6.45, 7) is 0.806. The van der Waals surface area contributed by atoms with Crippen molar-refractivity contribution >= 4 is 30.0 Å². The fourth-order valence-electron chi connectivity index (χ4n) is 3.11. The van der Waals surface area contributed by atoms with Crippen LogP contribution in [0, 0.1) is 0 Å². The number of hydrogen-bond acceptors (Lipinski definition) is 3. The number of cyclic esters (lactones) is 1. The third-order valence-corrected chi connectivity index (χ3v) is 4.66. The van der Waals surface area contributed by atoms with Crippen molar-refractivity contribution in [2.24, 2.45) is 0 Å². The van der Waals surface area contributed by atoms with E-state index in [-0.39, 0.29) is 18.4 Å².